The van der Waals surface area contributed by atoms with E-state index in [1.54, 1.807) is 0 Å². The van der Waals surface area contributed by atoms with Crippen molar-refractivity contribution in [1.29, 1.82) is 0 Å². The summed E-state index contributed by atoms with van der Waals surface area (Å²) < 4.78 is 0. The third-order valence-corrected chi connectivity index (χ3v) is 3.99. The minimum Gasteiger partial charge on any atom is -0.370 e. The summed E-state index contributed by atoms with van der Waals surface area (Å²) >= 11 is 0. The largest absolute Gasteiger partial charge is 0.370 e. The third-order valence-electron chi connectivity index (χ3n) is 3.99. The number of fused-ring (bicyclic) bond motifs is 1. The van der Waals surface area contributed by atoms with Crippen molar-refractivity contribution >= 4 is 17.5 Å². The van der Waals surface area contributed by atoms with Gasteiger partial charge >= 0.3 is 0 Å². The molecule has 2 N–H and O–H groups in total. The van der Waals surface area contributed by atoms with Crippen LogP contribution in [-0.2, 0) is 4.79 Å². The van der Waals surface area contributed by atoms with E-state index in [4.69, 9.17) is 0 Å². The van der Waals surface area contributed by atoms with E-state index in [9.17, 15) is 4.79 Å². The second-order valence-corrected chi connectivity index (χ2v) is 5.17. The highest BCUT2D eigenvalue weighted by Gasteiger charge is 2.41. The lowest BCUT2D eigenvalue weighted by Crippen LogP contribution is -2.46. The highest BCUT2D eigenvalue weighted by atomic mass is 16.2. The number of rotatable bonds is 3. The van der Waals surface area contributed by atoms with Crippen molar-refractivity contribution in [3.8, 4) is 0 Å². The van der Waals surface area contributed by atoms with E-state index in [2.05, 4.69) is 27.4 Å². The number of nitrogens with one attached hydrogen (secondary N) is 2. The van der Waals surface area contributed by atoms with E-state index >= 15 is 0 Å². The molecule has 0 aromatic carbocycles. The maximum absolute atomic E-state index is 11.8. The summed E-state index contributed by atoms with van der Waals surface area (Å²) in [7, 11) is 0. The molecule has 19 heavy (non-hydrogen) atoms. The second kappa shape index (κ2) is 5.07. The lowest BCUT2D eigenvalue weighted by atomic mass is 9.91. The van der Waals surface area contributed by atoms with Gasteiger partial charge < -0.3 is 15.5 Å². The Hall–Kier alpha value is -1.78. The third kappa shape index (κ3) is 2.25. The van der Waals surface area contributed by atoms with Gasteiger partial charge in [0.1, 0.15) is 11.6 Å². The molecule has 1 aromatic heterocycles. The molecule has 1 amide bonds. The molecule has 2 aliphatic heterocycles. The number of aromatic nitrogens is 1. The van der Waals surface area contributed by atoms with Crippen molar-refractivity contribution in [3.63, 3.8) is 0 Å². The molecule has 0 spiro atoms. The van der Waals surface area contributed by atoms with Crippen molar-refractivity contribution in [2.45, 2.75) is 25.8 Å². The topological polar surface area (TPSA) is 57.3 Å². The van der Waals surface area contributed by atoms with E-state index in [0.717, 1.165) is 44.1 Å². The van der Waals surface area contributed by atoms with Gasteiger partial charge in [0.15, 0.2) is 0 Å². The molecule has 5 heteroatoms. The minimum atomic E-state index is 0.137. The summed E-state index contributed by atoms with van der Waals surface area (Å²) in [6, 6.07) is 6.30. The standard InChI is InChI=1S/C14H20N4O/c1-2-15-12-6-3-7-13(17-12)18-8-4-5-10-11(18)9-16-14(10)19/h3,6-7,10-11H,2,4-5,8-9H2,1H3,(H,15,17)(H,16,19). The van der Waals surface area contributed by atoms with Gasteiger partial charge in [0.05, 0.1) is 12.0 Å². The van der Waals surface area contributed by atoms with Crippen molar-refractivity contribution in [2.24, 2.45) is 5.92 Å². The van der Waals surface area contributed by atoms with Crippen LogP contribution >= 0.6 is 0 Å². The number of carbonyl (C=O) groups excluding carboxylic acids is 1. The first-order valence-corrected chi connectivity index (χ1v) is 7.05. The van der Waals surface area contributed by atoms with Crippen LogP contribution in [0.3, 0.4) is 0 Å². The van der Waals surface area contributed by atoms with Gasteiger partial charge in [0.25, 0.3) is 0 Å². The van der Waals surface area contributed by atoms with E-state index in [1.807, 2.05) is 18.2 Å². The molecule has 2 aliphatic rings. The first kappa shape index (κ1) is 12.3. The van der Waals surface area contributed by atoms with Crippen LogP contribution in [0.25, 0.3) is 0 Å². The zero-order chi connectivity index (χ0) is 13.2. The van der Waals surface area contributed by atoms with E-state index < -0.39 is 0 Å². The van der Waals surface area contributed by atoms with Gasteiger partial charge in [-0.05, 0) is 31.9 Å². The Bertz CT molecular complexity index is 476. The van der Waals surface area contributed by atoms with Gasteiger partial charge in [0, 0.05) is 19.6 Å². The lowest BCUT2D eigenvalue weighted by Gasteiger charge is -2.36. The van der Waals surface area contributed by atoms with Crippen molar-refractivity contribution in [3.05, 3.63) is 18.2 Å². The van der Waals surface area contributed by atoms with Crippen molar-refractivity contribution in [2.75, 3.05) is 29.9 Å². The average molecular weight is 260 g/mol. The molecule has 0 bridgehead atoms. The molecule has 3 rings (SSSR count). The maximum Gasteiger partial charge on any atom is 0.225 e. The van der Waals surface area contributed by atoms with Gasteiger partial charge in [-0.1, -0.05) is 6.07 Å². The Kier molecular flexibility index (Phi) is 3.27. The molecule has 2 atom stereocenters. The van der Waals surface area contributed by atoms with Crippen LogP contribution in [0, 0.1) is 5.92 Å². The molecule has 2 fully saturated rings. The Morgan fingerprint density at radius 3 is 3.26 bits per heavy atom. The molecule has 0 aliphatic carbocycles. The number of hydrogen-bond donors (Lipinski definition) is 2. The number of carbonyl (C=O) groups is 1. The summed E-state index contributed by atoms with van der Waals surface area (Å²) in [5.41, 5.74) is 0. The zero-order valence-electron chi connectivity index (χ0n) is 11.2. The number of nitrogens with zero attached hydrogens (tertiary/aromatic N) is 2. The first-order valence-electron chi connectivity index (χ1n) is 7.05. The predicted octanol–water partition coefficient (Wildman–Crippen LogP) is 1.23. The zero-order valence-corrected chi connectivity index (χ0v) is 11.2. The fourth-order valence-electron chi connectivity index (χ4n) is 3.10. The van der Waals surface area contributed by atoms with Crippen LogP contribution in [0.15, 0.2) is 18.2 Å². The van der Waals surface area contributed by atoms with Gasteiger partial charge in [-0.25, -0.2) is 4.98 Å². The van der Waals surface area contributed by atoms with Crippen LogP contribution in [0.5, 0.6) is 0 Å². The van der Waals surface area contributed by atoms with Crippen LogP contribution in [0.4, 0.5) is 11.6 Å². The summed E-state index contributed by atoms with van der Waals surface area (Å²) in [6.07, 6.45) is 2.06. The number of anilines is 2. The number of amides is 1. The number of hydrogen-bond acceptors (Lipinski definition) is 4. The summed E-state index contributed by atoms with van der Waals surface area (Å²) in [5.74, 6) is 2.22. The monoisotopic (exact) mass is 260 g/mol. The number of piperidine rings is 1. The quantitative estimate of drug-likeness (QED) is 0.858. The Balaban J connectivity index is 1.84. The molecule has 2 unspecified atom stereocenters. The molecular weight excluding hydrogens is 240 g/mol. The Morgan fingerprint density at radius 2 is 2.42 bits per heavy atom. The first-order chi connectivity index (χ1) is 9.29. The van der Waals surface area contributed by atoms with Crippen molar-refractivity contribution < 1.29 is 4.79 Å². The molecule has 2 saturated heterocycles. The number of pyridine rings is 1. The molecule has 102 valence electrons. The summed E-state index contributed by atoms with van der Waals surface area (Å²) in [5, 5.41) is 6.21. The van der Waals surface area contributed by atoms with Crippen LogP contribution in [-0.4, -0.2) is 36.6 Å². The average Bonchev–Trinajstić information content (AvgIpc) is 2.81. The van der Waals surface area contributed by atoms with Gasteiger partial charge in [-0.2, -0.15) is 0 Å². The molecular formula is C14H20N4O. The SMILES string of the molecule is CCNc1cccc(N2CCCC3C(=O)NCC32)n1. The van der Waals surface area contributed by atoms with Crippen LogP contribution in [0.2, 0.25) is 0 Å². The van der Waals surface area contributed by atoms with Crippen LogP contribution < -0.4 is 15.5 Å². The maximum atomic E-state index is 11.8. The molecule has 0 saturated carbocycles. The van der Waals surface area contributed by atoms with E-state index in [0.29, 0.717) is 0 Å². The smallest absolute Gasteiger partial charge is 0.225 e. The fraction of sp³-hybridized carbons (Fsp3) is 0.571. The Labute approximate surface area is 113 Å². The fourth-order valence-corrected chi connectivity index (χ4v) is 3.10. The van der Waals surface area contributed by atoms with Crippen LogP contribution in [0.1, 0.15) is 19.8 Å². The second-order valence-electron chi connectivity index (χ2n) is 5.17. The minimum absolute atomic E-state index is 0.137. The molecule has 5 nitrogen and oxygen atoms in total. The van der Waals surface area contributed by atoms with Crippen molar-refractivity contribution in [1.82, 2.24) is 10.3 Å². The molecule has 3 heterocycles. The van der Waals surface area contributed by atoms with E-state index in [-0.39, 0.29) is 17.9 Å². The van der Waals surface area contributed by atoms with Gasteiger partial charge in [0.2, 0.25) is 5.91 Å². The lowest BCUT2D eigenvalue weighted by molar-refractivity contribution is -0.122. The molecule has 1 aromatic rings. The Morgan fingerprint density at radius 1 is 1.53 bits per heavy atom. The predicted molar refractivity (Wildman–Crippen MR) is 75.3 cm³/mol. The highest BCUT2D eigenvalue weighted by Crippen LogP contribution is 2.30. The highest BCUT2D eigenvalue weighted by molar-refractivity contribution is 5.83. The van der Waals surface area contributed by atoms with Gasteiger partial charge in [-0.3, -0.25) is 4.79 Å². The summed E-state index contributed by atoms with van der Waals surface area (Å²) in [6.45, 7) is 4.66. The summed E-state index contributed by atoms with van der Waals surface area (Å²) in [4.78, 5) is 18.7. The normalized spacial score (nSPS) is 25.9. The molecule has 0 radical (unpaired) electrons. The van der Waals surface area contributed by atoms with E-state index in [1.165, 1.54) is 0 Å². The van der Waals surface area contributed by atoms with Gasteiger partial charge in [-0.15, -0.1) is 0 Å².